The van der Waals surface area contributed by atoms with E-state index >= 15 is 0 Å². The molecule has 3 nitrogen and oxygen atoms in total. The van der Waals surface area contributed by atoms with Gasteiger partial charge in [0.15, 0.2) is 5.69 Å². The van der Waals surface area contributed by atoms with E-state index in [0.717, 1.165) is 4.68 Å². The van der Waals surface area contributed by atoms with Crippen LogP contribution < -0.4 is 5.73 Å². The Morgan fingerprint density at radius 1 is 1.38 bits per heavy atom. The Labute approximate surface area is 79.1 Å². The van der Waals surface area contributed by atoms with Crippen LogP contribution in [-0.4, -0.2) is 9.78 Å². The molecule has 2 N–H and O–H groups in total. The van der Waals surface area contributed by atoms with Gasteiger partial charge in [0.2, 0.25) is 0 Å². The second-order valence-corrected chi connectivity index (χ2v) is 2.47. The molecule has 0 unspecified atom stereocenters. The van der Waals surface area contributed by atoms with Crippen LogP contribution in [-0.2, 0) is 13.2 Å². The Morgan fingerprint density at radius 3 is 2.00 bits per heavy atom. The first kappa shape index (κ1) is 12.1. The van der Waals surface area contributed by atoms with Crippen molar-refractivity contribution in [1.29, 1.82) is 0 Å². The van der Waals surface area contributed by atoms with Gasteiger partial charge in [-0.05, 0) is 6.92 Å². The van der Waals surface area contributed by atoms with Crippen LogP contribution in [0.4, 0.5) is 18.9 Å². The SMILES string of the molecule is Cc1nn(C)c(C(F)(F)F)c1N.Cl. The molecule has 0 aliphatic heterocycles. The monoisotopic (exact) mass is 215 g/mol. The molecular formula is C6H9ClF3N3. The van der Waals surface area contributed by atoms with Crippen LogP contribution in [0.3, 0.4) is 0 Å². The summed E-state index contributed by atoms with van der Waals surface area (Å²) in [5.74, 6) is 0. The first-order valence-electron chi connectivity index (χ1n) is 3.20. The lowest BCUT2D eigenvalue weighted by molar-refractivity contribution is -0.143. The third-order valence-corrected chi connectivity index (χ3v) is 1.54. The summed E-state index contributed by atoms with van der Waals surface area (Å²) in [7, 11) is 1.21. The molecule has 0 saturated heterocycles. The Bertz CT molecular complexity index is 305. The third kappa shape index (κ3) is 2.06. The largest absolute Gasteiger partial charge is 0.435 e. The van der Waals surface area contributed by atoms with Gasteiger partial charge in [0.05, 0.1) is 11.4 Å². The average Bonchev–Trinajstić information content (AvgIpc) is 2.05. The van der Waals surface area contributed by atoms with Crippen molar-refractivity contribution < 1.29 is 13.2 Å². The summed E-state index contributed by atoms with van der Waals surface area (Å²) in [5.41, 5.74) is 4.20. The second kappa shape index (κ2) is 3.45. The number of nitrogens with zero attached hydrogens (tertiary/aromatic N) is 2. The number of aryl methyl sites for hydroxylation is 2. The quantitative estimate of drug-likeness (QED) is 0.717. The molecule has 0 saturated carbocycles. The summed E-state index contributed by atoms with van der Waals surface area (Å²) in [5, 5.41) is 3.55. The van der Waals surface area contributed by atoms with E-state index in [9.17, 15) is 13.2 Å². The van der Waals surface area contributed by atoms with Crippen molar-refractivity contribution in [2.45, 2.75) is 13.1 Å². The summed E-state index contributed by atoms with van der Waals surface area (Å²) in [6.07, 6.45) is -4.43. The number of hydrogen-bond acceptors (Lipinski definition) is 2. The van der Waals surface area contributed by atoms with E-state index in [1.165, 1.54) is 14.0 Å². The predicted molar refractivity (Wildman–Crippen MR) is 44.6 cm³/mol. The summed E-state index contributed by atoms with van der Waals surface area (Å²) in [4.78, 5) is 0. The summed E-state index contributed by atoms with van der Waals surface area (Å²) in [6, 6.07) is 0. The van der Waals surface area contributed by atoms with E-state index in [4.69, 9.17) is 5.73 Å². The van der Waals surface area contributed by atoms with Crippen LogP contribution >= 0.6 is 12.4 Å². The Kier molecular flexibility index (Phi) is 3.21. The average molecular weight is 216 g/mol. The minimum atomic E-state index is -4.43. The van der Waals surface area contributed by atoms with Gasteiger partial charge in [-0.3, -0.25) is 4.68 Å². The lowest BCUT2D eigenvalue weighted by Gasteiger charge is -2.06. The van der Waals surface area contributed by atoms with Crippen LogP contribution in [0.5, 0.6) is 0 Å². The highest BCUT2D eigenvalue weighted by Crippen LogP contribution is 2.34. The fraction of sp³-hybridized carbons (Fsp3) is 0.500. The fourth-order valence-corrected chi connectivity index (χ4v) is 1.01. The lowest BCUT2D eigenvalue weighted by atomic mass is 10.3. The van der Waals surface area contributed by atoms with E-state index in [1.807, 2.05) is 0 Å². The smallest absolute Gasteiger partial charge is 0.395 e. The van der Waals surface area contributed by atoms with Crippen molar-refractivity contribution in [2.75, 3.05) is 5.73 Å². The maximum absolute atomic E-state index is 12.2. The van der Waals surface area contributed by atoms with E-state index in [2.05, 4.69) is 5.10 Å². The normalized spacial score (nSPS) is 11.2. The molecule has 13 heavy (non-hydrogen) atoms. The van der Waals surface area contributed by atoms with Gasteiger partial charge in [0.1, 0.15) is 0 Å². The molecule has 0 bridgehead atoms. The van der Waals surface area contributed by atoms with Gasteiger partial charge in [-0.2, -0.15) is 18.3 Å². The highest BCUT2D eigenvalue weighted by atomic mass is 35.5. The molecule has 0 aliphatic carbocycles. The summed E-state index contributed by atoms with van der Waals surface area (Å²) in [6.45, 7) is 1.44. The zero-order chi connectivity index (χ0) is 9.52. The minimum Gasteiger partial charge on any atom is -0.395 e. The fourth-order valence-electron chi connectivity index (χ4n) is 1.01. The number of nitrogens with two attached hydrogens (primary N) is 1. The number of hydrogen-bond donors (Lipinski definition) is 1. The van der Waals surface area contributed by atoms with Crippen molar-refractivity contribution in [3.8, 4) is 0 Å². The number of anilines is 1. The highest BCUT2D eigenvalue weighted by molar-refractivity contribution is 5.85. The Balaban J connectivity index is 0.00000144. The third-order valence-electron chi connectivity index (χ3n) is 1.54. The molecule has 0 amide bonds. The molecule has 1 aromatic rings. The number of alkyl halides is 3. The van der Waals surface area contributed by atoms with E-state index < -0.39 is 11.9 Å². The molecule has 0 fully saturated rings. The van der Waals surface area contributed by atoms with E-state index in [1.54, 1.807) is 0 Å². The van der Waals surface area contributed by atoms with Crippen molar-refractivity contribution >= 4 is 18.1 Å². The standard InChI is InChI=1S/C6H8F3N3.ClH/c1-3-4(10)5(6(7,8)9)12(2)11-3;/h10H2,1-2H3;1H. The molecule has 1 rings (SSSR count). The van der Waals surface area contributed by atoms with Gasteiger partial charge in [-0.25, -0.2) is 0 Å². The topological polar surface area (TPSA) is 43.8 Å². The number of nitrogen functional groups attached to an aromatic ring is 1. The zero-order valence-corrected chi connectivity index (χ0v) is 7.83. The Hall–Kier alpha value is -0.910. The van der Waals surface area contributed by atoms with Crippen LogP contribution in [0.1, 0.15) is 11.4 Å². The van der Waals surface area contributed by atoms with Crippen molar-refractivity contribution in [2.24, 2.45) is 7.05 Å². The molecule has 0 aliphatic rings. The van der Waals surface area contributed by atoms with Gasteiger partial charge in [-0.15, -0.1) is 12.4 Å². The number of rotatable bonds is 0. The first-order valence-corrected chi connectivity index (χ1v) is 3.20. The van der Waals surface area contributed by atoms with Crippen molar-refractivity contribution in [3.63, 3.8) is 0 Å². The second-order valence-electron chi connectivity index (χ2n) is 2.47. The molecule has 0 radical (unpaired) electrons. The van der Waals surface area contributed by atoms with E-state index in [-0.39, 0.29) is 23.8 Å². The van der Waals surface area contributed by atoms with E-state index in [0.29, 0.717) is 0 Å². The minimum absolute atomic E-state index is 0. The highest BCUT2D eigenvalue weighted by Gasteiger charge is 2.37. The van der Waals surface area contributed by atoms with Crippen LogP contribution in [0.2, 0.25) is 0 Å². The number of halogens is 4. The van der Waals surface area contributed by atoms with Gasteiger partial charge in [0, 0.05) is 7.05 Å². The number of aromatic nitrogens is 2. The molecule has 1 aromatic heterocycles. The summed E-state index contributed by atoms with van der Waals surface area (Å²) < 4.78 is 37.3. The van der Waals surface area contributed by atoms with Gasteiger partial charge in [-0.1, -0.05) is 0 Å². The zero-order valence-electron chi connectivity index (χ0n) is 7.01. The predicted octanol–water partition coefficient (Wildman–Crippen LogP) is 1.75. The van der Waals surface area contributed by atoms with Crippen LogP contribution in [0.15, 0.2) is 0 Å². The van der Waals surface area contributed by atoms with Gasteiger partial charge in [0.25, 0.3) is 0 Å². The van der Waals surface area contributed by atoms with Crippen LogP contribution in [0, 0.1) is 6.92 Å². The Morgan fingerprint density at radius 2 is 1.85 bits per heavy atom. The maximum Gasteiger partial charge on any atom is 0.435 e. The van der Waals surface area contributed by atoms with Gasteiger partial charge >= 0.3 is 6.18 Å². The first-order chi connectivity index (χ1) is 5.34. The lowest BCUT2D eigenvalue weighted by Crippen LogP contribution is -2.13. The maximum atomic E-state index is 12.2. The van der Waals surface area contributed by atoms with Crippen molar-refractivity contribution in [1.82, 2.24) is 9.78 Å². The molecule has 76 valence electrons. The molecule has 0 atom stereocenters. The molecule has 0 spiro atoms. The van der Waals surface area contributed by atoms with Gasteiger partial charge < -0.3 is 5.73 Å². The molecule has 0 aromatic carbocycles. The molecular weight excluding hydrogens is 207 g/mol. The summed E-state index contributed by atoms with van der Waals surface area (Å²) >= 11 is 0. The molecule has 1 heterocycles. The molecule has 7 heteroatoms. The van der Waals surface area contributed by atoms with Crippen molar-refractivity contribution in [3.05, 3.63) is 11.4 Å². The van der Waals surface area contributed by atoms with Crippen LogP contribution in [0.25, 0.3) is 0 Å².